The molecule has 2 aliphatic rings. The lowest BCUT2D eigenvalue weighted by atomic mass is 9.91. The SMILES string of the molecule is O=C1NC(C2CCN(CCc3c[nH]c4cc(Cl)ccc34)CC2)N(OC(=O)C(F)(F)F)c2cc(F)ccc21. The number of piperidine rings is 1. The van der Waals surface area contributed by atoms with Gasteiger partial charge in [0, 0.05) is 40.7 Å². The summed E-state index contributed by atoms with van der Waals surface area (Å²) >= 11 is 6.05. The maximum absolute atomic E-state index is 14.0. The molecule has 5 rings (SSSR count). The number of benzene rings is 2. The predicted molar refractivity (Wildman–Crippen MR) is 128 cm³/mol. The second-order valence-corrected chi connectivity index (χ2v) is 9.65. The Balaban J connectivity index is 1.28. The highest BCUT2D eigenvalue weighted by Gasteiger charge is 2.46. The molecule has 196 valence electrons. The van der Waals surface area contributed by atoms with Crippen molar-refractivity contribution in [2.75, 3.05) is 24.7 Å². The highest BCUT2D eigenvalue weighted by Crippen LogP contribution is 2.34. The van der Waals surface area contributed by atoms with Gasteiger partial charge in [-0.3, -0.25) is 4.79 Å². The topological polar surface area (TPSA) is 77.7 Å². The van der Waals surface area contributed by atoms with Crippen LogP contribution in [0.4, 0.5) is 23.2 Å². The molecule has 1 saturated heterocycles. The number of fused-ring (bicyclic) bond motifs is 2. The number of rotatable bonds is 5. The molecular formula is C25H23ClF4N4O3. The van der Waals surface area contributed by atoms with E-state index >= 15 is 0 Å². The first-order valence-electron chi connectivity index (χ1n) is 11.8. The van der Waals surface area contributed by atoms with Crippen molar-refractivity contribution < 1.29 is 32.0 Å². The van der Waals surface area contributed by atoms with Crippen molar-refractivity contribution >= 4 is 40.1 Å². The molecule has 1 fully saturated rings. The summed E-state index contributed by atoms with van der Waals surface area (Å²) in [6.45, 7) is 2.02. The van der Waals surface area contributed by atoms with Gasteiger partial charge in [0.05, 0.1) is 11.3 Å². The number of carbonyl (C=O) groups excluding carboxylic acids is 2. The number of amides is 1. The van der Waals surface area contributed by atoms with Crippen LogP contribution < -0.4 is 10.4 Å². The summed E-state index contributed by atoms with van der Waals surface area (Å²) < 4.78 is 53.0. The molecule has 12 heteroatoms. The monoisotopic (exact) mass is 538 g/mol. The molecule has 2 N–H and O–H groups in total. The van der Waals surface area contributed by atoms with E-state index < -0.39 is 30.0 Å². The van der Waals surface area contributed by atoms with E-state index in [4.69, 9.17) is 11.6 Å². The van der Waals surface area contributed by atoms with Crippen LogP contribution in [0.1, 0.15) is 28.8 Å². The van der Waals surface area contributed by atoms with Crippen molar-refractivity contribution in [1.29, 1.82) is 0 Å². The molecule has 3 aromatic rings. The van der Waals surface area contributed by atoms with Crippen LogP contribution in [0, 0.1) is 11.7 Å². The molecule has 7 nitrogen and oxygen atoms in total. The third kappa shape index (κ3) is 5.24. The van der Waals surface area contributed by atoms with Crippen LogP contribution in [0.3, 0.4) is 0 Å². The van der Waals surface area contributed by atoms with E-state index in [1.807, 2.05) is 24.4 Å². The molecule has 1 atom stereocenters. The predicted octanol–water partition coefficient (Wildman–Crippen LogP) is 4.81. The number of carbonyl (C=O) groups is 2. The standard InChI is InChI=1S/C25H23ClF4N4O3/c26-16-1-3-18-15(13-31-20(18)11-16)7-10-33-8-5-14(6-9-33)22-32-23(35)19-4-2-17(27)12-21(19)34(22)37-24(36)25(28,29)30/h1-4,11-14,22,31H,5-10H2,(H,32,35). The Bertz CT molecular complexity index is 1340. The first kappa shape index (κ1) is 25.3. The largest absolute Gasteiger partial charge is 0.493 e. The van der Waals surface area contributed by atoms with Gasteiger partial charge in [0.2, 0.25) is 0 Å². The second kappa shape index (κ2) is 9.86. The van der Waals surface area contributed by atoms with Gasteiger partial charge in [0.25, 0.3) is 5.91 Å². The summed E-state index contributed by atoms with van der Waals surface area (Å²) in [5, 5.41) is 5.10. The lowest BCUT2D eigenvalue weighted by Gasteiger charge is -2.43. The normalized spacial score (nSPS) is 19.1. The molecule has 1 amide bonds. The molecule has 37 heavy (non-hydrogen) atoms. The Labute approximate surface area is 214 Å². The van der Waals surface area contributed by atoms with E-state index in [-0.39, 0.29) is 17.2 Å². The van der Waals surface area contributed by atoms with Crippen molar-refractivity contribution in [1.82, 2.24) is 15.2 Å². The van der Waals surface area contributed by atoms with Crippen LogP contribution in [-0.2, 0) is 16.1 Å². The van der Waals surface area contributed by atoms with Gasteiger partial charge in [-0.05, 0) is 62.2 Å². The molecule has 0 bridgehead atoms. The molecule has 2 aromatic carbocycles. The van der Waals surface area contributed by atoms with E-state index in [1.54, 1.807) is 0 Å². The van der Waals surface area contributed by atoms with Crippen LogP contribution in [0.2, 0.25) is 5.02 Å². The summed E-state index contributed by atoms with van der Waals surface area (Å²) in [5.41, 5.74) is 1.81. The van der Waals surface area contributed by atoms with Gasteiger partial charge in [0.15, 0.2) is 0 Å². The number of anilines is 1. The lowest BCUT2D eigenvalue weighted by Crippen LogP contribution is -2.59. The van der Waals surface area contributed by atoms with E-state index in [9.17, 15) is 27.2 Å². The van der Waals surface area contributed by atoms with E-state index in [0.29, 0.717) is 36.0 Å². The lowest BCUT2D eigenvalue weighted by molar-refractivity contribution is -0.203. The smallest absolute Gasteiger partial charge is 0.361 e. The first-order valence-corrected chi connectivity index (χ1v) is 12.1. The molecule has 2 aliphatic heterocycles. The molecule has 0 saturated carbocycles. The Morgan fingerprint density at radius 1 is 1.14 bits per heavy atom. The number of likely N-dealkylation sites (tertiary alicyclic amines) is 1. The van der Waals surface area contributed by atoms with Crippen molar-refractivity contribution in [2.45, 2.75) is 31.6 Å². The summed E-state index contributed by atoms with van der Waals surface area (Å²) in [6.07, 6.45) is -2.52. The van der Waals surface area contributed by atoms with Crippen molar-refractivity contribution in [3.05, 3.63) is 64.6 Å². The second-order valence-electron chi connectivity index (χ2n) is 9.21. The van der Waals surface area contributed by atoms with Crippen molar-refractivity contribution in [3.8, 4) is 0 Å². The number of aromatic amines is 1. The summed E-state index contributed by atoms with van der Waals surface area (Å²) in [4.78, 5) is 34.5. The summed E-state index contributed by atoms with van der Waals surface area (Å²) in [7, 11) is 0. The molecular weight excluding hydrogens is 516 g/mol. The number of H-pyrrole nitrogens is 1. The average Bonchev–Trinajstić information content (AvgIpc) is 3.25. The Morgan fingerprint density at radius 3 is 2.62 bits per heavy atom. The quantitative estimate of drug-likeness (QED) is 0.456. The minimum absolute atomic E-state index is 0.0786. The minimum atomic E-state index is -5.25. The fourth-order valence-corrected chi connectivity index (χ4v) is 5.16. The van der Waals surface area contributed by atoms with Gasteiger partial charge in [-0.2, -0.15) is 18.2 Å². The fraction of sp³-hybridized carbons (Fsp3) is 0.360. The Hall–Kier alpha value is -3.31. The Morgan fingerprint density at radius 2 is 1.89 bits per heavy atom. The van der Waals surface area contributed by atoms with Crippen molar-refractivity contribution in [2.24, 2.45) is 5.92 Å². The number of nitrogens with zero attached hydrogens (tertiary/aromatic N) is 2. The number of hydrogen-bond acceptors (Lipinski definition) is 5. The zero-order valence-electron chi connectivity index (χ0n) is 19.4. The average molecular weight is 539 g/mol. The van der Waals surface area contributed by atoms with E-state index in [0.717, 1.165) is 47.6 Å². The van der Waals surface area contributed by atoms with Crippen LogP contribution in [0.5, 0.6) is 0 Å². The zero-order valence-corrected chi connectivity index (χ0v) is 20.2. The maximum atomic E-state index is 14.0. The first-order chi connectivity index (χ1) is 17.6. The summed E-state index contributed by atoms with van der Waals surface area (Å²) in [6, 6.07) is 8.74. The molecule has 1 aromatic heterocycles. The van der Waals surface area contributed by atoms with Gasteiger partial charge in [0.1, 0.15) is 12.0 Å². The van der Waals surface area contributed by atoms with Crippen LogP contribution in [-0.4, -0.2) is 53.7 Å². The van der Waals surface area contributed by atoms with Gasteiger partial charge in [-0.15, -0.1) is 0 Å². The van der Waals surface area contributed by atoms with Gasteiger partial charge < -0.3 is 20.0 Å². The number of aromatic nitrogens is 1. The van der Waals surface area contributed by atoms with Crippen LogP contribution in [0.15, 0.2) is 42.6 Å². The number of hydroxylamine groups is 1. The van der Waals surface area contributed by atoms with Gasteiger partial charge in [-0.25, -0.2) is 9.18 Å². The zero-order chi connectivity index (χ0) is 26.3. The number of hydrogen-bond donors (Lipinski definition) is 2. The van der Waals surface area contributed by atoms with Crippen LogP contribution in [0.25, 0.3) is 10.9 Å². The van der Waals surface area contributed by atoms with Crippen molar-refractivity contribution in [3.63, 3.8) is 0 Å². The third-order valence-electron chi connectivity index (χ3n) is 6.89. The van der Waals surface area contributed by atoms with Crippen LogP contribution >= 0.6 is 11.6 Å². The highest BCUT2D eigenvalue weighted by molar-refractivity contribution is 6.31. The van der Waals surface area contributed by atoms with Gasteiger partial charge in [-0.1, -0.05) is 17.7 Å². The molecule has 3 heterocycles. The van der Waals surface area contributed by atoms with E-state index in [1.165, 1.54) is 0 Å². The summed E-state index contributed by atoms with van der Waals surface area (Å²) in [5.74, 6) is -4.11. The Kier molecular flexibility index (Phi) is 6.76. The molecule has 0 radical (unpaired) electrons. The molecule has 0 aliphatic carbocycles. The van der Waals surface area contributed by atoms with Gasteiger partial charge >= 0.3 is 12.1 Å². The molecule has 1 unspecified atom stereocenters. The molecule has 0 spiro atoms. The van der Waals surface area contributed by atoms with E-state index in [2.05, 4.69) is 20.0 Å². The minimum Gasteiger partial charge on any atom is -0.361 e. The number of alkyl halides is 3. The number of nitrogens with one attached hydrogen (secondary N) is 2. The number of halogens is 5. The highest BCUT2D eigenvalue weighted by atomic mass is 35.5. The third-order valence-corrected chi connectivity index (χ3v) is 7.13. The maximum Gasteiger partial charge on any atom is 0.493 e. The fourth-order valence-electron chi connectivity index (χ4n) is 4.99.